The Labute approximate surface area is 87.3 Å². The van der Waals surface area contributed by atoms with Crippen LogP contribution < -0.4 is 0 Å². The second-order valence-corrected chi connectivity index (χ2v) is 5.27. The van der Waals surface area contributed by atoms with Gasteiger partial charge in [0.15, 0.2) is 0 Å². The van der Waals surface area contributed by atoms with Crippen molar-refractivity contribution in [3.8, 4) is 0 Å². The molecule has 2 aliphatic rings. The first-order valence-corrected chi connectivity index (χ1v) is 6.16. The standard InChI is InChI=1S/C12H23NO/c1-10-6-7-13(8-10)9-11-4-2-3-5-12(11)14/h10-12,14H,2-9H2,1H3. The molecule has 0 aromatic rings. The predicted octanol–water partition coefficient (Wildman–Crippen LogP) is 1.88. The molecule has 1 aliphatic carbocycles. The van der Waals surface area contributed by atoms with E-state index >= 15 is 0 Å². The fraction of sp³-hybridized carbons (Fsp3) is 1.00. The maximum absolute atomic E-state index is 9.87. The Bertz CT molecular complexity index is 183. The highest BCUT2D eigenvalue weighted by atomic mass is 16.3. The number of aliphatic hydroxyl groups is 1. The summed E-state index contributed by atoms with van der Waals surface area (Å²) in [7, 11) is 0. The summed E-state index contributed by atoms with van der Waals surface area (Å²) in [6.07, 6.45) is 6.17. The third kappa shape index (κ3) is 2.48. The Kier molecular flexibility index (Phi) is 3.45. The van der Waals surface area contributed by atoms with E-state index in [-0.39, 0.29) is 6.10 Å². The monoisotopic (exact) mass is 197 g/mol. The van der Waals surface area contributed by atoms with Crippen LogP contribution in [0.15, 0.2) is 0 Å². The number of nitrogens with zero attached hydrogens (tertiary/aromatic N) is 1. The average molecular weight is 197 g/mol. The van der Waals surface area contributed by atoms with Gasteiger partial charge < -0.3 is 10.0 Å². The van der Waals surface area contributed by atoms with Crippen molar-refractivity contribution in [1.82, 2.24) is 4.90 Å². The number of rotatable bonds is 2. The first kappa shape index (κ1) is 10.4. The predicted molar refractivity (Wildman–Crippen MR) is 58.2 cm³/mol. The highest BCUT2D eigenvalue weighted by Crippen LogP contribution is 2.27. The zero-order chi connectivity index (χ0) is 9.97. The van der Waals surface area contributed by atoms with Crippen molar-refractivity contribution < 1.29 is 5.11 Å². The lowest BCUT2D eigenvalue weighted by molar-refractivity contribution is 0.0505. The lowest BCUT2D eigenvalue weighted by atomic mass is 9.86. The van der Waals surface area contributed by atoms with Gasteiger partial charge in [-0.15, -0.1) is 0 Å². The van der Waals surface area contributed by atoms with Crippen LogP contribution in [0.5, 0.6) is 0 Å². The summed E-state index contributed by atoms with van der Waals surface area (Å²) in [5, 5.41) is 9.87. The molecule has 82 valence electrons. The van der Waals surface area contributed by atoms with E-state index in [1.165, 1.54) is 38.8 Å². The smallest absolute Gasteiger partial charge is 0.0580 e. The first-order chi connectivity index (χ1) is 6.75. The minimum atomic E-state index is -0.0142. The van der Waals surface area contributed by atoms with E-state index in [1.54, 1.807) is 0 Å². The van der Waals surface area contributed by atoms with Crippen LogP contribution in [0.4, 0.5) is 0 Å². The molecule has 2 fully saturated rings. The number of aliphatic hydroxyl groups excluding tert-OH is 1. The topological polar surface area (TPSA) is 23.5 Å². The molecule has 2 nitrogen and oxygen atoms in total. The molecule has 1 N–H and O–H groups in total. The van der Waals surface area contributed by atoms with Crippen LogP contribution in [0, 0.1) is 11.8 Å². The zero-order valence-electron chi connectivity index (χ0n) is 9.28. The summed E-state index contributed by atoms with van der Waals surface area (Å²) in [5.74, 6) is 1.43. The molecule has 0 aromatic heterocycles. The summed E-state index contributed by atoms with van der Waals surface area (Å²) in [6, 6.07) is 0. The van der Waals surface area contributed by atoms with Gasteiger partial charge in [0.05, 0.1) is 6.10 Å². The van der Waals surface area contributed by atoms with Crippen molar-refractivity contribution in [3.63, 3.8) is 0 Å². The van der Waals surface area contributed by atoms with Crippen molar-refractivity contribution in [3.05, 3.63) is 0 Å². The Balaban J connectivity index is 1.78. The van der Waals surface area contributed by atoms with Crippen molar-refractivity contribution in [1.29, 1.82) is 0 Å². The van der Waals surface area contributed by atoms with Gasteiger partial charge in [-0.3, -0.25) is 0 Å². The summed E-state index contributed by atoms with van der Waals surface area (Å²) >= 11 is 0. The number of likely N-dealkylation sites (tertiary alicyclic amines) is 1. The van der Waals surface area contributed by atoms with Crippen LogP contribution >= 0.6 is 0 Å². The largest absolute Gasteiger partial charge is 0.393 e. The van der Waals surface area contributed by atoms with E-state index in [1.807, 2.05) is 0 Å². The van der Waals surface area contributed by atoms with E-state index in [4.69, 9.17) is 0 Å². The second kappa shape index (κ2) is 4.63. The van der Waals surface area contributed by atoms with E-state index in [2.05, 4.69) is 11.8 Å². The maximum atomic E-state index is 9.87. The molecule has 1 saturated carbocycles. The highest BCUT2D eigenvalue weighted by molar-refractivity contribution is 4.80. The SMILES string of the molecule is CC1CCN(CC2CCCCC2O)C1. The van der Waals surface area contributed by atoms with Gasteiger partial charge in [-0.05, 0) is 37.6 Å². The van der Waals surface area contributed by atoms with Crippen molar-refractivity contribution >= 4 is 0 Å². The normalized spacial score (nSPS) is 40.3. The zero-order valence-corrected chi connectivity index (χ0v) is 9.28. The Morgan fingerprint density at radius 1 is 1.21 bits per heavy atom. The summed E-state index contributed by atoms with van der Waals surface area (Å²) in [5.41, 5.74) is 0. The molecule has 0 spiro atoms. The van der Waals surface area contributed by atoms with Crippen LogP contribution in [0.2, 0.25) is 0 Å². The lowest BCUT2D eigenvalue weighted by Crippen LogP contribution is -2.35. The molecule has 0 radical (unpaired) electrons. The van der Waals surface area contributed by atoms with Gasteiger partial charge in [-0.2, -0.15) is 0 Å². The van der Waals surface area contributed by atoms with Gasteiger partial charge in [-0.1, -0.05) is 19.8 Å². The van der Waals surface area contributed by atoms with E-state index in [0.717, 1.165) is 18.9 Å². The second-order valence-electron chi connectivity index (χ2n) is 5.27. The highest BCUT2D eigenvalue weighted by Gasteiger charge is 2.27. The third-order valence-electron chi connectivity index (χ3n) is 3.87. The maximum Gasteiger partial charge on any atom is 0.0580 e. The Hall–Kier alpha value is -0.0800. The summed E-state index contributed by atoms with van der Waals surface area (Å²) in [6.45, 7) is 5.98. The molecular weight excluding hydrogens is 174 g/mol. The molecular formula is C12H23NO. The quantitative estimate of drug-likeness (QED) is 0.730. The fourth-order valence-electron chi connectivity index (χ4n) is 2.92. The van der Waals surface area contributed by atoms with Gasteiger partial charge >= 0.3 is 0 Å². The lowest BCUT2D eigenvalue weighted by Gasteiger charge is -2.31. The molecule has 14 heavy (non-hydrogen) atoms. The fourth-order valence-corrected chi connectivity index (χ4v) is 2.92. The van der Waals surface area contributed by atoms with Gasteiger partial charge in [0.2, 0.25) is 0 Å². The van der Waals surface area contributed by atoms with Crippen molar-refractivity contribution in [2.24, 2.45) is 11.8 Å². The van der Waals surface area contributed by atoms with Gasteiger partial charge in [0, 0.05) is 13.1 Å². The van der Waals surface area contributed by atoms with Crippen LogP contribution in [-0.2, 0) is 0 Å². The molecule has 1 aliphatic heterocycles. The van der Waals surface area contributed by atoms with Gasteiger partial charge in [0.1, 0.15) is 0 Å². The van der Waals surface area contributed by atoms with Gasteiger partial charge in [-0.25, -0.2) is 0 Å². The first-order valence-electron chi connectivity index (χ1n) is 6.16. The minimum absolute atomic E-state index is 0.0142. The third-order valence-corrected chi connectivity index (χ3v) is 3.87. The van der Waals surface area contributed by atoms with Crippen LogP contribution in [0.3, 0.4) is 0 Å². The number of hydrogen-bond acceptors (Lipinski definition) is 2. The molecule has 3 atom stereocenters. The van der Waals surface area contributed by atoms with Crippen LogP contribution in [-0.4, -0.2) is 35.7 Å². The van der Waals surface area contributed by atoms with Crippen molar-refractivity contribution in [2.75, 3.05) is 19.6 Å². The number of hydrogen-bond donors (Lipinski definition) is 1. The minimum Gasteiger partial charge on any atom is -0.393 e. The molecule has 0 bridgehead atoms. The average Bonchev–Trinajstić information content (AvgIpc) is 2.56. The molecule has 0 aromatic carbocycles. The summed E-state index contributed by atoms with van der Waals surface area (Å²) in [4.78, 5) is 2.55. The molecule has 0 amide bonds. The Morgan fingerprint density at radius 2 is 2.00 bits per heavy atom. The van der Waals surface area contributed by atoms with E-state index < -0.39 is 0 Å². The van der Waals surface area contributed by atoms with E-state index in [9.17, 15) is 5.11 Å². The molecule has 2 rings (SSSR count). The molecule has 3 unspecified atom stereocenters. The molecule has 1 saturated heterocycles. The summed E-state index contributed by atoms with van der Waals surface area (Å²) < 4.78 is 0. The van der Waals surface area contributed by atoms with Crippen LogP contribution in [0.25, 0.3) is 0 Å². The van der Waals surface area contributed by atoms with Crippen LogP contribution in [0.1, 0.15) is 39.0 Å². The van der Waals surface area contributed by atoms with Gasteiger partial charge in [0.25, 0.3) is 0 Å². The molecule has 1 heterocycles. The molecule has 2 heteroatoms. The van der Waals surface area contributed by atoms with Crippen molar-refractivity contribution in [2.45, 2.75) is 45.1 Å². The van der Waals surface area contributed by atoms with E-state index in [0.29, 0.717) is 5.92 Å². The Morgan fingerprint density at radius 3 is 2.64 bits per heavy atom.